The molecule has 2 nitrogen and oxygen atoms in total. The number of hydrogen-bond acceptors (Lipinski definition) is 2. The summed E-state index contributed by atoms with van der Waals surface area (Å²) in [5.41, 5.74) is 4.07. The van der Waals surface area contributed by atoms with Gasteiger partial charge in [-0.2, -0.15) is 0 Å². The summed E-state index contributed by atoms with van der Waals surface area (Å²) in [6, 6.07) is 17.1. The van der Waals surface area contributed by atoms with Crippen LogP contribution in [-0.2, 0) is 13.5 Å². The number of piperidine rings is 1. The van der Waals surface area contributed by atoms with Crippen LogP contribution in [0, 0.1) is 6.92 Å². The third-order valence-corrected chi connectivity index (χ3v) is 7.57. The predicted octanol–water partition coefficient (Wildman–Crippen LogP) is 5.94. The molecular formula is C23H27ClN2S. The molecule has 2 heterocycles. The fraction of sp³-hybridized carbons (Fsp3) is 0.391. The van der Waals surface area contributed by atoms with Gasteiger partial charge < -0.3 is 9.47 Å². The summed E-state index contributed by atoms with van der Waals surface area (Å²) in [6.45, 7) is 5.81. The van der Waals surface area contributed by atoms with Crippen LogP contribution in [0.25, 0.3) is 10.9 Å². The highest BCUT2D eigenvalue weighted by Gasteiger charge is 2.23. The Hall–Kier alpha value is -1.42. The van der Waals surface area contributed by atoms with E-state index < -0.39 is 0 Å². The number of aryl methyl sites for hydroxylation is 1. The van der Waals surface area contributed by atoms with Crippen LogP contribution in [0.3, 0.4) is 0 Å². The zero-order valence-corrected chi connectivity index (χ0v) is 17.7. The Labute approximate surface area is 171 Å². The molecule has 0 radical (unpaired) electrons. The first-order chi connectivity index (χ1) is 13.1. The summed E-state index contributed by atoms with van der Waals surface area (Å²) in [5, 5.41) is 2.82. The quantitative estimate of drug-likeness (QED) is 0.525. The van der Waals surface area contributed by atoms with Crippen LogP contribution < -0.4 is 0 Å². The molecule has 0 bridgehead atoms. The van der Waals surface area contributed by atoms with Gasteiger partial charge in [0.2, 0.25) is 0 Å². The Kier molecular flexibility index (Phi) is 5.82. The maximum atomic E-state index is 6.27. The molecule has 0 aliphatic carbocycles. The number of halogens is 1. The maximum Gasteiger partial charge on any atom is 0.0492 e. The van der Waals surface area contributed by atoms with Crippen LogP contribution in [-0.4, -0.2) is 34.4 Å². The summed E-state index contributed by atoms with van der Waals surface area (Å²) < 4.78 is 2.29. The molecule has 0 N–H and O–H groups in total. The van der Waals surface area contributed by atoms with Gasteiger partial charge in [0.1, 0.15) is 0 Å². The second-order valence-electron chi connectivity index (χ2n) is 7.53. The van der Waals surface area contributed by atoms with Gasteiger partial charge in [-0.3, -0.25) is 0 Å². The molecule has 0 unspecified atom stereocenters. The molecular weight excluding hydrogens is 372 g/mol. The predicted molar refractivity (Wildman–Crippen MR) is 118 cm³/mol. The van der Waals surface area contributed by atoms with E-state index in [1.165, 1.54) is 59.5 Å². The van der Waals surface area contributed by atoms with E-state index in [0.717, 1.165) is 11.4 Å². The smallest absolute Gasteiger partial charge is 0.0492 e. The molecule has 1 aliphatic heterocycles. The van der Waals surface area contributed by atoms with Gasteiger partial charge in [-0.15, -0.1) is 11.8 Å². The SMILES string of the molecule is Cc1c(SC2CCN(CCc3ccccc3)CC2)c2cc(Cl)ccc2n1C. The molecule has 0 atom stereocenters. The minimum atomic E-state index is 0.696. The lowest BCUT2D eigenvalue weighted by Crippen LogP contribution is -2.36. The fourth-order valence-corrected chi connectivity index (χ4v) is 5.56. The van der Waals surface area contributed by atoms with E-state index in [1.54, 1.807) is 0 Å². The fourth-order valence-electron chi connectivity index (χ4n) is 4.01. The van der Waals surface area contributed by atoms with Crippen LogP contribution in [0.15, 0.2) is 53.4 Å². The van der Waals surface area contributed by atoms with Crippen LogP contribution in [0.1, 0.15) is 24.1 Å². The van der Waals surface area contributed by atoms with Crippen molar-refractivity contribution in [1.29, 1.82) is 0 Å². The van der Waals surface area contributed by atoms with Crippen LogP contribution in [0.4, 0.5) is 0 Å². The second-order valence-corrected chi connectivity index (χ2v) is 9.28. The van der Waals surface area contributed by atoms with E-state index in [1.807, 2.05) is 6.07 Å². The molecule has 4 heteroatoms. The topological polar surface area (TPSA) is 8.17 Å². The number of benzene rings is 2. The molecule has 142 valence electrons. The molecule has 27 heavy (non-hydrogen) atoms. The van der Waals surface area contributed by atoms with Crippen molar-refractivity contribution in [2.45, 2.75) is 36.3 Å². The zero-order valence-electron chi connectivity index (χ0n) is 16.1. The highest BCUT2D eigenvalue weighted by molar-refractivity contribution is 8.00. The van der Waals surface area contributed by atoms with Crippen molar-refractivity contribution in [2.75, 3.05) is 19.6 Å². The van der Waals surface area contributed by atoms with Crippen molar-refractivity contribution in [2.24, 2.45) is 7.05 Å². The molecule has 0 saturated carbocycles. The molecule has 0 amide bonds. The maximum absolute atomic E-state index is 6.27. The van der Waals surface area contributed by atoms with Crippen molar-refractivity contribution in [3.63, 3.8) is 0 Å². The van der Waals surface area contributed by atoms with Crippen LogP contribution in [0.2, 0.25) is 5.02 Å². The number of nitrogens with zero attached hydrogens (tertiary/aromatic N) is 2. The Morgan fingerprint density at radius 1 is 1.07 bits per heavy atom. The molecule has 1 saturated heterocycles. The Morgan fingerprint density at radius 3 is 2.56 bits per heavy atom. The second kappa shape index (κ2) is 8.30. The van der Waals surface area contributed by atoms with E-state index in [4.69, 9.17) is 11.6 Å². The van der Waals surface area contributed by atoms with Crippen molar-refractivity contribution >= 4 is 34.3 Å². The van der Waals surface area contributed by atoms with E-state index in [9.17, 15) is 0 Å². The standard InChI is InChI=1S/C23H27ClN2S/c1-17-23(21-16-19(24)8-9-22(21)25(17)2)27-20-11-14-26(15-12-20)13-10-18-6-4-3-5-7-18/h3-9,16,20H,10-15H2,1-2H3. The van der Waals surface area contributed by atoms with Gasteiger partial charge in [-0.05, 0) is 63.0 Å². The highest BCUT2D eigenvalue weighted by atomic mass is 35.5. The number of thioether (sulfide) groups is 1. The third kappa shape index (κ3) is 4.21. The Morgan fingerprint density at radius 2 is 1.81 bits per heavy atom. The minimum absolute atomic E-state index is 0.696. The van der Waals surface area contributed by atoms with Gasteiger partial charge in [0.25, 0.3) is 0 Å². The molecule has 2 aromatic carbocycles. The lowest BCUT2D eigenvalue weighted by atomic mass is 10.1. The summed E-state index contributed by atoms with van der Waals surface area (Å²) in [4.78, 5) is 4.04. The van der Waals surface area contributed by atoms with Gasteiger partial charge in [-0.25, -0.2) is 0 Å². The Balaban J connectivity index is 1.38. The number of fused-ring (bicyclic) bond motifs is 1. The third-order valence-electron chi connectivity index (χ3n) is 5.77. The number of rotatable bonds is 5. The lowest BCUT2D eigenvalue weighted by molar-refractivity contribution is 0.235. The molecule has 1 aromatic heterocycles. The number of hydrogen-bond donors (Lipinski definition) is 0. The summed E-state index contributed by atoms with van der Waals surface area (Å²) in [7, 11) is 2.15. The number of likely N-dealkylation sites (tertiary alicyclic amines) is 1. The van der Waals surface area contributed by atoms with Gasteiger partial charge in [-0.1, -0.05) is 41.9 Å². The van der Waals surface area contributed by atoms with Crippen molar-refractivity contribution < 1.29 is 0 Å². The van der Waals surface area contributed by atoms with Crippen molar-refractivity contribution in [3.8, 4) is 0 Å². The summed E-state index contributed by atoms with van der Waals surface area (Å²) in [6.07, 6.45) is 3.67. The van der Waals surface area contributed by atoms with Gasteiger partial charge in [0, 0.05) is 45.4 Å². The van der Waals surface area contributed by atoms with Crippen LogP contribution in [0.5, 0.6) is 0 Å². The average molecular weight is 399 g/mol. The van der Waals surface area contributed by atoms with Gasteiger partial charge in [0.15, 0.2) is 0 Å². The van der Waals surface area contributed by atoms with Crippen molar-refractivity contribution in [3.05, 3.63) is 64.8 Å². The molecule has 1 fully saturated rings. The normalized spacial score (nSPS) is 16.3. The van der Waals surface area contributed by atoms with Gasteiger partial charge >= 0.3 is 0 Å². The van der Waals surface area contributed by atoms with E-state index in [0.29, 0.717) is 5.25 Å². The lowest BCUT2D eigenvalue weighted by Gasteiger charge is -2.31. The number of aromatic nitrogens is 1. The van der Waals surface area contributed by atoms with E-state index in [2.05, 4.69) is 77.7 Å². The minimum Gasteiger partial charge on any atom is -0.347 e. The van der Waals surface area contributed by atoms with Crippen molar-refractivity contribution in [1.82, 2.24) is 9.47 Å². The molecule has 1 aliphatic rings. The molecule has 0 spiro atoms. The van der Waals surface area contributed by atoms with Crippen LogP contribution >= 0.6 is 23.4 Å². The Bertz CT molecular complexity index is 911. The monoisotopic (exact) mass is 398 g/mol. The first-order valence-electron chi connectivity index (χ1n) is 9.79. The zero-order chi connectivity index (χ0) is 18.8. The van der Waals surface area contributed by atoms with Gasteiger partial charge in [0.05, 0.1) is 0 Å². The molecule has 4 rings (SSSR count). The summed E-state index contributed by atoms with van der Waals surface area (Å²) >= 11 is 8.33. The van der Waals surface area contributed by atoms with E-state index >= 15 is 0 Å². The van der Waals surface area contributed by atoms with E-state index in [-0.39, 0.29) is 0 Å². The molecule has 3 aromatic rings. The first-order valence-corrected chi connectivity index (χ1v) is 11.0. The largest absolute Gasteiger partial charge is 0.347 e. The summed E-state index contributed by atoms with van der Waals surface area (Å²) in [5.74, 6) is 0. The first kappa shape index (κ1) is 18.9. The average Bonchev–Trinajstić information content (AvgIpc) is 2.92. The highest BCUT2D eigenvalue weighted by Crippen LogP contribution is 2.39.